The van der Waals surface area contributed by atoms with Crippen molar-refractivity contribution in [1.29, 1.82) is 0 Å². The number of ether oxygens (including phenoxy) is 2. The van der Waals surface area contributed by atoms with Crippen LogP contribution in [0, 0.1) is 5.92 Å². The quantitative estimate of drug-likeness (QED) is 0.753. The summed E-state index contributed by atoms with van der Waals surface area (Å²) in [5.41, 5.74) is 0. The van der Waals surface area contributed by atoms with Gasteiger partial charge in [0.15, 0.2) is 14.6 Å². The molecule has 1 fully saturated rings. The number of hydrogen-bond acceptors (Lipinski definition) is 6. The number of methoxy groups -OCH3 is 2. The lowest BCUT2D eigenvalue weighted by molar-refractivity contribution is -0.145. The molecule has 0 spiro atoms. The third kappa shape index (κ3) is 2.92. The van der Waals surface area contributed by atoms with Gasteiger partial charge in [-0.1, -0.05) is 12.1 Å². The molecule has 2 atom stereocenters. The number of carbonyl (C=O) groups is 2. The molecule has 2 unspecified atom stereocenters. The fraction of sp³-hybridized carbons (Fsp3) is 0.529. The Kier molecular flexibility index (Phi) is 5.32. The van der Waals surface area contributed by atoms with Crippen LogP contribution in [0.5, 0.6) is 5.75 Å². The summed E-state index contributed by atoms with van der Waals surface area (Å²) < 4.78 is 34.8. The number of benzene rings is 1. The van der Waals surface area contributed by atoms with E-state index >= 15 is 0 Å². The highest BCUT2D eigenvalue weighted by atomic mass is 32.2. The van der Waals surface area contributed by atoms with Crippen LogP contribution in [0.4, 0.5) is 0 Å². The normalized spacial score (nSPS) is 21.0. The molecular formula is C17H22O6S. The molecule has 24 heavy (non-hydrogen) atoms. The molecule has 0 bridgehead atoms. The molecule has 0 aromatic heterocycles. The van der Waals surface area contributed by atoms with Crippen molar-refractivity contribution in [3.63, 3.8) is 0 Å². The van der Waals surface area contributed by atoms with E-state index in [1.54, 1.807) is 12.1 Å². The zero-order chi connectivity index (χ0) is 18.0. The Morgan fingerprint density at radius 1 is 1.25 bits per heavy atom. The van der Waals surface area contributed by atoms with Gasteiger partial charge in [0.25, 0.3) is 0 Å². The van der Waals surface area contributed by atoms with Crippen LogP contribution in [-0.2, 0) is 24.2 Å². The molecular weight excluding hydrogens is 332 g/mol. The zero-order valence-corrected chi connectivity index (χ0v) is 14.9. The second-order valence-electron chi connectivity index (χ2n) is 6.08. The Hall–Kier alpha value is -1.89. The van der Waals surface area contributed by atoms with Gasteiger partial charge in [0.1, 0.15) is 16.4 Å². The maximum Gasteiger partial charge on any atom is 0.327 e. The smallest absolute Gasteiger partial charge is 0.327 e. The molecule has 0 N–H and O–H groups in total. The first-order valence-electron chi connectivity index (χ1n) is 7.76. The Morgan fingerprint density at radius 3 is 2.50 bits per heavy atom. The minimum absolute atomic E-state index is 0.0309. The summed E-state index contributed by atoms with van der Waals surface area (Å²) >= 11 is 0. The lowest BCUT2D eigenvalue weighted by Gasteiger charge is -2.36. The topological polar surface area (TPSA) is 86.7 Å². The van der Waals surface area contributed by atoms with Gasteiger partial charge in [0.2, 0.25) is 0 Å². The summed E-state index contributed by atoms with van der Waals surface area (Å²) in [6, 6.07) is 6.15. The Labute approximate surface area is 142 Å². The van der Waals surface area contributed by atoms with Crippen LogP contribution in [0.25, 0.3) is 0 Å². The molecule has 1 aromatic rings. The number of carbonyl (C=O) groups excluding carboxylic acids is 2. The van der Waals surface area contributed by atoms with Gasteiger partial charge < -0.3 is 9.47 Å². The molecule has 0 aliphatic heterocycles. The second-order valence-corrected chi connectivity index (χ2v) is 8.38. The van der Waals surface area contributed by atoms with Crippen LogP contribution in [-0.4, -0.2) is 39.1 Å². The molecule has 1 aliphatic rings. The second kappa shape index (κ2) is 6.93. The summed E-state index contributed by atoms with van der Waals surface area (Å²) in [6.45, 7) is 1.35. The van der Waals surface area contributed by atoms with E-state index in [2.05, 4.69) is 0 Å². The van der Waals surface area contributed by atoms with E-state index < -0.39 is 26.5 Å². The highest BCUT2D eigenvalue weighted by Crippen LogP contribution is 2.42. The van der Waals surface area contributed by atoms with Crippen LogP contribution in [0.3, 0.4) is 0 Å². The largest absolute Gasteiger partial charge is 0.495 e. The summed E-state index contributed by atoms with van der Waals surface area (Å²) in [4.78, 5) is 24.3. The summed E-state index contributed by atoms with van der Waals surface area (Å²) in [5.74, 6) is -1.35. The van der Waals surface area contributed by atoms with Gasteiger partial charge in [-0.25, -0.2) is 8.42 Å². The van der Waals surface area contributed by atoms with Crippen LogP contribution in [0.15, 0.2) is 29.2 Å². The average Bonchev–Trinajstić information content (AvgIpc) is 2.59. The number of Topliss-reactive ketones (excluding diaryl/α,β-unsaturated/α-hetero) is 1. The molecule has 6 nitrogen and oxygen atoms in total. The fourth-order valence-electron chi connectivity index (χ4n) is 3.26. The maximum absolute atomic E-state index is 13.3. The first-order chi connectivity index (χ1) is 11.3. The minimum Gasteiger partial charge on any atom is -0.495 e. The SMILES string of the molecule is COC(=O)C(C)(C1CCCC(=O)C1)S(=O)(=O)c1ccccc1OC. The van der Waals surface area contributed by atoms with Crippen LogP contribution < -0.4 is 4.74 Å². The Bertz CT molecular complexity index is 739. The molecule has 1 saturated carbocycles. The van der Waals surface area contributed by atoms with Crippen LogP contribution >= 0.6 is 0 Å². The molecule has 1 aromatic carbocycles. The van der Waals surface area contributed by atoms with Crippen molar-refractivity contribution in [2.24, 2.45) is 5.92 Å². The average molecular weight is 354 g/mol. The fourth-order valence-corrected chi connectivity index (χ4v) is 5.34. The van der Waals surface area contributed by atoms with Gasteiger partial charge in [0, 0.05) is 12.8 Å². The van der Waals surface area contributed by atoms with Crippen LogP contribution in [0.1, 0.15) is 32.6 Å². The van der Waals surface area contributed by atoms with Gasteiger partial charge in [0.05, 0.1) is 14.2 Å². The lowest BCUT2D eigenvalue weighted by atomic mass is 9.79. The number of ketones is 1. The summed E-state index contributed by atoms with van der Waals surface area (Å²) in [6.07, 6.45) is 1.52. The minimum atomic E-state index is -4.13. The van der Waals surface area contributed by atoms with E-state index in [1.165, 1.54) is 26.2 Å². The number of para-hydroxylation sites is 1. The number of hydrogen-bond donors (Lipinski definition) is 0. The molecule has 2 rings (SSSR count). The highest BCUT2D eigenvalue weighted by molar-refractivity contribution is 7.93. The van der Waals surface area contributed by atoms with Crippen LogP contribution in [0.2, 0.25) is 0 Å². The summed E-state index contributed by atoms with van der Waals surface area (Å²) in [7, 11) is -1.60. The van der Waals surface area contributed by atoms with Gasteiger partial charge in [-0.2, -0.15) is 0 Å². The van der Waals surface area contributed by atoms with Crippen molar-refractivity contribution in [3.8, 4) is 5.75 Å². The molecule has 132 valence electrons. The Morgan fingerprint density at radius 2 is 1.92 bits per heavy atom. The molecule has 7 heteroatoms. The number of esters is 1. The summed E-state index contributed by atoms with van der Waals surface area (Å²) in [5, 5.41) is 0. The van der Waals surface area contributed by atoms with E-state index in [0.717, 1.165) is 7.11 Å². The van der Waals surface area contributed by atoms with Crippen molar-refractivity contribution < 1.29 is 27.5 Å². The molecule has 0 radical (unpaired) electrons. The first-order valence-corrected chi connectivity index (χ1v) is 9.25. The number of rotatable bonds is 5. The van der Waals surface area contributed by atoms with Gasteiger partial charge in [-0.3, -0.25) is 9.59 Å². The third-order valence-electron chi connectivity index (χ3n) is 4.77. The van der Waals surface area contributed by atoms with Crippen molar-refractivity contribution in [3.05, 3.63) is 24.3 Å². The molecule has 0 saturated heterocycles. The van der Waals surface area contributed by atoms with E-state index in [4.69, 9.17) is 9.47 Å². The number of sulfone groups is 1. The molecule has 0 heterocycles. The molecule has 1 aliphatic carbocycles. The third-order valence-corrected chi connectivity index (χ3v) is 7.30. The molecule has 0 amide bonds. The predicted molar refractivity (Wildman–Crippen MR) is 87.6 cm³/mol. The van der Waals surface area contributed by atoms with Crippen molar-refractivity contribution >= 4 is 21.6 Å². The maximum atomic E-state index is 13.3. The predicted octanol–water partition coefficient (Wildman–Crippen LogP) is 2.16. The van der Waals surface area contributed by atoms with Gasteiger partial charge in [-0.15, -0.1) is 0 Å². The van der Waals surface area contributed by atoms with Gasteiger partial charge >= 0.3 is 5.97 Å². The van der Waals surface area contributed by atoms with E-state index in [1.807, 2.05) is 0 Å². The lowest BCUT2D eigenvalue weighted by Crippen LogP contribution is -2.52. The standard InChI is InChI=1S/C17H22O6S/c1-17(16(19)23-3,12-7-6-8-13(18)11-12)24(20,21)15-10-5-4-9-14(15)22-2/h4-5,9-10,12H,6-8,11H2,1-3H3. The van der Waals surface area contributed by atoms with E-state index in [9.17, 15) is 18.0 Å². The monoisotopic (exact) mass is 354 g/mol. The Balaban J connectivity index is 2.62. The van der Waals surface area contributed by atoms with Gasteiger partial charge in [-0.05, 0) is 37.8 Å². The first kappa shape index (κ1) is 18.4. The van der Waals surface area contributed by atoms with E-state index in [0.29, 0.717) is 19.3 Å². The van der Waals surface area contributed by atoms with Crippen molar-refractivity contribution in [2.75, 3.05) is 14.2 Å². The zero-order valence-electron chi connectivity index (χ0n) is 14.1. The van der Waals surface area contributed by atoms with Crippen molar-refractivity contribution in [1.82, 2.24) is 0 Å². The highest BCUT2D eigenvalue weighted by Gasteiger charge is 2.55. The van der Waals surface area contributed by atoms with E-state index in [-0.39, 0.29) is 22.8 Å². The van der Waals surface area contributed by atoms with Crippen molar-refractivity contribution in [2.45, 2.75) is 42.2 Å².